The lowest BCUT2D eigenvalue weighted by Gasteiger charge is -2.33. The smallest absolute Gasteiger partial charge is 0.0820 e. The van der Waals surface area contributed by atoms with Gasteiger partial charge in [0.05, 0.1) is 5.60 Å². The molecule has 0 aromatic carbocycles. The molecule has 0 aromatic rings. The van der Waals surface area contributed by atoms with Gasteiger partial charge in [0, 0.05) is 32.8 Å². The lowest BCUT2D eigenvalue weighted by molar-refractivity contribution is -0.0693. The van der Waals surface area contributed by atoms with E-state index in [9.17, 15) is 0 Å². The first-order chi connectivity index (χ1) is 6.35. The van der Waals surface area contributed by atoms with Crippen LogP contribution in [0.1, 0.15) is 25.7 Å². The molecule has 13 heavy (non-hydrogen) atoms. The van der Waals surface area contributed by atoms with Crippen molar-refractivity contribution in [1.29, 1.82) is 0 Å². The predicted octanol–water partition coefficient (Wildman–Crippen LogP) is 0.590. The average Bonchev–Trinajstić information content (AvgIpc) is 2.51. The third-order valence-electron chi connectivity index (χ3n) is 3.28. The maximum Gasteiger partial charge on any atom is 0.0820 e. The molecule has 0 radical (unpaired) electrons. The fraction of sp³-hybridized carbons (Fsp3) is 1.00. The Hall–Kier alpha value is -0.120. The quantitative estimate of drug-likeness (QED) is 0.682. The molecule has 0 bridgehead atoms. The topological polar surface area (TPSA) is 38.5 Å². The highest BCUT2D eigenvalue weighted by Gasteiger charge is 2.39. The molecule has 1 spiro atoms. The van der Waals surface area contributed by atoms with Crippen molar-refractivity contribution < 1.29 is 4.74 Å². The van der Waals surface area contributed by atoms with Gasteiger partial charge in [-0.2, -0.15) is 0 Å². The fourth-order valence-corrected chi connectivity index (χ4v) is 2.53. The van der Waals surface area contributed by atoms with Crippen LogP contribution in [0, 0.1) is 0 Å². The van der Waals surface area contributed by atoms with Crippen LogP contribution in [-0.2, 0) is 4.74 Å². The minimum atomic E-state index is 0.216. The van der Waals surface area contributed by atoms with Gasteiger partial charge in [-0.3, -0.25) is 4.90 Å². The third kappa shape index (κ3) is 2.03. The first-order valence-corrected chi connectivity index (χ1v) is 5.41. The molecule has 3 heteroatoms. The largest absolute Gasteiger partial charge is 0.374 e. The van der Waals surface area contributed by atoms with Gasteiger partial charge in [-0.15, -0.1) is 0 Å². The number of likely N-dealkylation sites (tertiary alicyclic amines) is 1. The molecule has 0 amide bonds. The molecule has 2 aliphatic rings. The van der Waals surface area contributed by atoms with Crippen LogP contribution in [0.15, 0.2) is 0 Å². The number of ether oxygens (including phenoxy) is 1. The van der Waals surface area contributed by atoms with Crippen molar-refractivity contribution in [2.24, 2.45) is 5.73 Å². The molecule has 0 aromatic heterocycles. The van der Waals surface area contributed by atoms with Crippen LogP contribution in [0.4, 0.5) is 0 Å². The zero-order valence-electron chi connectivity index (χ0n) is 8.30. The molecule has 76 valence electrons. The predicted molar refractivity (Wildman–Crippen MR) is 52.6 cm³/mol. The third-order valence-corrected chi connectivity index (χ3v) is 3.28. The monoisotopic (exact) mass is 184 g/mol. The van der Waals surface area contributed by atoms with E-state index in [4.69, 9.17) is 10.5 Å². The van der Waals surface area contributed by atoms with Crippen LogP contribution >= 0.6 is 0 Å². The lowest BCUT2D eigenvalue weighted by Crippen LogP contribution is -2.40. The Bertz CT molecular complexity index is 166. The van der Waals surface area contributed by atoms with Crippen molar-refractivity contribution in [2.45, 2.75) is 31.3 Å². The Morgan fingerprint density at radius 2 is 2.23 bits per heavy atom. The zero-order chi connectivity index (χ0) is 9.15. The highest BCUT2D eigenvalue weighted by Crippen LogP contribution is 2.33. The van der Waals surface area contributed by atoms with Crippen molar-refractivity contribution in [3.8, 4) is 0 Å². The van der Waals surface area contributed by atoms with Crippen molar-refractivity contribution in [2.75, 3.05) is 32.8 Å². The fourth-order valence-electron chi connectivity index (χ4n) is 2.53. The van der Waals surface area contributed by atoms with E-state index in [0.717, 1.165) is 26.2 Å². The summed E-state index contributed by atoms with van der Waals surface area (Å²) in [4.78, 5) is 2.44. The SMILES string of the molecule is NCCN1CC[C@]2(CCCCO2)C1. The van der Waals surface area contributed by atoms with E-state index in [2.05, 4.69) is 4.90 Å². The molecule has 2 fully saturated rings. The van der Waals surface area contributed by atoms with Crippen molar-refractivity contribution >= 4 is 0 Å². The van der Waals surface area contributed by atoms with Gasteiger partial charge in [-0.25, -0.2) is 0 Å². The highest BCUT2D eigenvalue weighted by atomic mass is 16.5. The van der Waals surface area contributed by atoms with Crippen molar-refractivity contribution in [3.63, 3.8) is 0 Å². The summed E-state index contributed by atoms with van der Waals surface area (Å²) in [5.74, 6) is 0. The summed E-state index contributed by atoms with van der Waals surface area (Å²) in [5.41, 5.74) is 5.76. The second-order valence-corrected chi connectivity index (χ2v) is 4.30. The Balaban J connectivity index is 1.87. The van der Waals surface area contributed by atoms with E-state index >= 15 is 0 Å². The number of nitrogens with two attached hydrogens (primary N) is 1. The van der Waals surface area contributed by atoms with Gasteiger partial charge >= 0.3 is 0 Å². The molecule has 3 nitrogen and oxygen atoms in total. The average molecular weight is 184 g/mol. The zero-order valence-corrected chi connectivity index (χ0v) is 8.30. The summed E-state index contributed by atoms with van der Waals surface area (Å²) in [6, 6.07) is 0. The van der Waals surface area contributed by atoms with Gasteiger partial charge in [-0.05, 0) is 25.7 Å². The van der Waals surface area contributed by atoms with E-state index in [-0.39, 0.29) is 5.60 Å². The molecule has 2 saturated heterocycles. The minimum absolute atomic E-state index is 0.216. The van der Waals surface area contributed by atoms with Gasteiger partial charge in [-0.1, -0.05) is 0 Å². The summed E-state index contributed by atoms with van der Waals surface area (Å²) in [5, 5.41) is 0. The first kappa shape index (κ1) is 9.44. The Morgan fingerprint density at radius 1 is 1.31 bits per heavy atom. The Labute approximate surface area is 80.2 Å². The van der Waals surface area contributed by atoms with Crippen LogP contribution in [0.25, 0.3) is 0 Å². The standard InChI is InChI=1S/C10H20N2O/c11-5-7-12-6-4-10(9-12)3-1-2-8-13-10/h1-9,11H2/t10-/m1/s1. The van der Waals surface area contributed by atoms with E-state index < -0.39 is 0 Å². The normalized spacial score (nSPS) is 35.8. The van der Waals surface area contributed by atoms with Crippen molar-refractivity contribution in [3.05, 3.63) is 0 Å². The van der Waals surface area contributed by atoms with Gasteiger partial charge in [0.2, 0.25) is 0 Å². The number of nitrogens with zero attached hydrogens (tertiary/aromatic N) is 1. The van der Waals surface area contributed by atoms with Crippen LogP contribution in [0.3, 0.4) is 0 Å². The first-order valence-electron chi connectivity index (χ1n) is 5.41. The molecule has 2 N–H and O–H groups in total. The summed E-state index contributed by atoms with van der Waals surface area (Å²) in [6.45, 7) is 5.07. The second-order valence-electron chi connectivity index (χ2n) is 4.30. The van der Waals surface area contributed by atoms with E-state index in [1.165, 1.54) is 32.2 Å². The molecule has 2 heterocycles. The van der Waals surface area contributed by atoms with E-state index in [1.807, 2.05) is 0 Å². The summed E-state index contributed by atoms with van der Waals surface area (Å²) in [6.07, 6.45) is 5.07. The van der Waals surface area contributed by atoms with Gasteiger partial charge in [0.1, 0.15) is 0 Å². The summed E-state index contributed by atoms with van der Waals surface area (Å²) >= 11 is 0. The Kier molecular flexibility index (Phi) is 2.86. The molecule has 0 unspecified atom stereocenters. The molecule has 0 saturated carbocycles. The maximum atomic E-state index is 5.92. The van der Waals surface area contributed by atoms with Crippen LogP contribution < -0.4 is 5.73 Å². The molecule has 2 rings (SSSR count). The molecule has 0 aliphatic carbocycles. The van der Waals surface area contributed by atoms with E-state index in [0.29, 0.717) is 0 Å². The van der Waals surface area contributed by atoms with E-state index in [1.54, 1.807) is 0 Å². The molecular weight excluding hydrogens is 164 g/mol. The van der Waals surface area contributed by atoms with Crippen LogP contribution in [-0.4, -0.2) is 43.3 Å². The maximum absolute atomic E-state index is 5.92. The molecular formula is C10H20N2O. The Morgan fingerprint density at radius 3 is 2.92 bits per heavy atom. The number of hydrogen-bond donors (Lipinski definition) is 1. The molecule has 2 aliphatic heterocycles. The van der Waals surface area contributed by atoms with Crippen molar-refractivity contribution in [1.82, 2.24) is 4.90 Å². The number of hydrogen-bond acceptors (Lipinski definition) is 3. The lowest BCUT2D eigenvalue weighted by atomic mass is 9.93. The highest BCUT2D eigenvalue weighted by molar-refractivity contribution is 4.93. The van der Waals surface area contributed by atoms with Crippen LogP contribution in [0.2, 0.25) is 0 Å². The van der Waals surface area contributed by atoms with Gasteiger partial charge in [0.15, 0.2) is 0 Å². The minimum Gasteiger partial charge on any atom is -0.374 e. The second kappa shape index (κ2) is 3.95. The van der Waals surface area contributed by atoms with Crippen LogP contribution in [0.5, 0.6) is 0 Å². The molecule has 1 atom stereocenters. The summed E-state index contributed by atoms with van der Waals surface area (Å²) in [7, 11) is 0. The number of rotatable bonds is 2. The van der Waals surface area contributed by atoms with Gasteiger partial charge < -0.3 is 10.5 Å². The van der Waals surface area contributed by atoms with Gasteiger partial charge in [0.25, 0.3) is 0 Å². The summed E-state index contributed by atoms with van der Waals surface area (Å²) < 4.78 is 5.92.